The van der Waals surface area contributed by atoms with Crippen LogP contribution in [0.2, 0.25) is 0 Å². The molecule has 0 radical (unpaired) electrons. The van der Waals surface area contributed by atoms with Crippen molar-refractivity contribution in [3.63, 3.8) is 0 Å². The van der Waals surface area contributed by atoms with Crippen molar-refractivity contribution in [3.8, 4) is 0 Å². The van der Waals surface area contributed by atoms with E-state index in [0.29, 0.717) is 12.5 Å². The Hall–Kier alpha value is -0.830. The second-order valence-corrected chi connectivity index (χ2v) is 5.23. The van der Waals surface area contributed by atoms with E-state index in [0.717, 1.165) is 44.4 Å². The van der Waals surface area contributed by atoms with Crippen molar-refractivity contribution < 1.29 is 4.74 Å². The minimum atomic E-state index is 0. The molecule has 1 aliphatic heterocycles. The smallest absolute Gasteiger partial charge is 0.194 e. The van der Waals surface area contributed by atoms with Gasteiger partial charge in [0, 0.05) is 45.9 Å². The topological polar surface area (TPSA) is 54.7 Å². The van der Waals surface area contributed by atoms with Crippen LogP contribution in [-0.4, -0.2) is 54.0 Å². The van der Waals surface area contributed by atoms with Gasteiger partial charge in [-0.05, 0) is 19.4 Å². The molecule has 7 heteroatoms. The Bertz CT molecular complexity index is 442. The van der Waals surface area contributed by atoms with Gasteiger partial charge in [-0.1, -0.05) is 0 Å². The van der Waals surface area contributed by atoms with E-state index in [4.69, 9.17) is 4.74 Å². The Balaban J connectivity index is 0.00000220. The largest absolute Gasteiger partial charge is 0.381 e. The summed E-state index contributed by atoms with van der Waals surface area (Å²) in [5.41, 5.74) is 1.11. The number of halogens is 1. The van der Waals surface area contributed by atoms with Crippen LogP contribution in [0.25, 0.3) is 0 Å². The molecular weight excluding hydrogens is 381 g/mol. The lowest BCUT2D eigenvalue weighted by Crippen LogP contribution is -2.41. The minimum absolute atomic E-state index is 0. The van der Waals surface area contributed by atoms with Crippen LogP contribution in [0, 0.1) is 5.92 Å². The highest BCUT2D eigenvalue weighted by atomic mass is 127. The Kier molecular flexibility index (Phi) is 8.02. The third-order valence-electron chi connectivity index (χ3n) is 3.57. The number of hydrogen-bond donors (Lipinski definition) is 1. The molecule has 1 unspecified atom stereocenters. The molecule has 21 heavy (non-hydrogen) atoms. The van der Waals surface area contributed by atoms with Crippen LogP contribution in [0.15, 0.2) is 17.3 Å². The zero-order valence-corrected chi connectivity index (χ0v) is 15.4. The van der Waals surface area contributed by atoms with Gasteiger partial charge in [0.2, 0.25) is 0 Å². The van der Waals surface area contributed by atoms with Gasteiger partial charge in [0.15, 0.2) is 5.96 Å². The number of ether oxygens (including phenoxy) is 1. The standard InChI is InChI=1S/C14H25N5O.HI/c1-4-15-14(16-9-13-5-7-17-19(13)3)18(2)10-12-6-8-20-11-12;/h5,7,12H,4,6,8-11H2,1-3H3,(H,15,16);1H. The van der Waals surface area contributed by atoms with Gasteiger partial charge >= 0.3 is 0 Å². The summed E-state index contributed by atoms with van der Waals surface area (Å²) in [4.78, 5) is 6.88. The first-order valence-electron chi connectivity index (χ1n) is 7.24. The lowest BCUT2D eigenvalue weighted by molar-refractivity contribution is 0.181. The first-order valence-corrected chi connectivity index (χ1v) is 7.24. The SMILES string of the molecule is CCNC(=NCc1ccnn1C)N(C)CC1CCOC1.I. The molecule has 0 bridgehead atoms. The number of nitrogens with zero attached hydrogens (tertiary/aromatic N) is 4. The number of rotatable bonds is 5. The molecule has 0 aliphatic carbocycles. The van der Waals surface area contributed by atoms with Crippen LogP contribution in [0.1, 0.15) is 19.0 Å². The van der Waals surface area contributed by atoms with E-state index in [1.807, 2.05) is 17.8 Å². The van der Waals surface area contributed by atoms with Crippen molar-refractivity contribution in [2.24, 2.45) is 18.0 Å². The van der Waals surface area contributed by atoms with Gasteiger partial charge < -0.3 is 15.0 Å². The van der Waals surface area contributed by atoms with E-state index in [9.17, 15) is 0 Å². The number of aliphatic imine (C=N–C) groups is 1. The maximum atomic E-state index is 5.43. The first-order chi connectivity index (χ1) is 9.70. The quantitative estimate of drug-likeness (QED) is 0.457. The molecule has 1 saturated heterocycles. The van der Waals surface area contributed by atoms with Gasteiger partial charge in [-0.25, -0.2) is 4.99 Å². The number of aryl methyl sites for hydroxylation is 1. The van der Waals surface area contributed by atoms with E-state index in [1.54, 1.807) is 6.20 Å². The molecule has 1 atom stereocenters. The van der Waals surface area contributed by atoms with E-state index < -0.39 is 0 Å². The van der Waals surface area contributed by atoms with Gasteiger partial charge in [0.05, 0.1) is 18.8 Å². The fourth-order valence-electron chi connectivity index (χ4n) is 2.38. The molecule has 1 aromatic heterocycles. The maximum Gasteiger partial charge on any atom is 0.194 e. The fourth-order valence-corrected chi connectivity index (χ4v) is 2.38. The maximum absolute atomic E-state index is 5.43. The normalized spacial score (nSPS) is 18.4. The fraction of sp³-hybridized carbons (Fsp3) is 0.714. The van der Waals surface area contributed by atoms with Crippen molar-refractivity contribution >= 4 is 29.9 Å². The van der Waals surface area contributed by atoms with E-state index in [-0.39, 0.29) is 24.0 Å². The van der Waals surface area contributed by atoms with Crippen molar-refractivity contribution in [2.75, 3.05) is 33.4 Å². The Morgan fingerprint density at radius 3 is 3.00 bits per heavy atom. The first kappa shape index (κ1) is 18.2. The van der Waals surface area contributed by atoms with Gasteiger partial charge in [-0.2, -0.15) is 5.10 Å². The Labute approximate surface area is 144 Å². The van der Waals surface area contributed by atoms with Crippen molar-refractivity contribution in [1.82, 2.24) is 20.0 Å². The number of hydrogen-bond acceptors (Lipinski definition) is 3. The molecule has 0 spiro atoms. The molecule has 1 fully saturated rings. The van der Waals surface area contributed by atoms with Gasteiger partial charge in [0.1, 0.15) is 0 Å². The molecule has 6 nitrogen and oxygen atoms in total. The molecule has 0 saturated carbocycles. The molecule has 0 aromatic carbocycles. The van der Waals surface area contributed by atoms with Crippen molar-refractivity contribution in [1.29, 1.82) is 0 Å². The Morgan fingerprint density at radius 2 is 2.43 bits per heavy atom. The van der Waals surface area contributed by atoms with E-state index in [2.05, 4.69) is 34.3 Å². The lowest BCUT2D eigenvalue weighted by Gasteiger charge is -2.24. The monoisotopic (exact) mass is 407 g/mol. The van der Waals surface area contributed by atoms with Gasteiger partial charge in [-0.3, -0.25) is 4.68 Å². The van der Waals surface area contributed by atoms with Crippen molar-refractivity contribution in [2.45, 2.75) is 19.9 Å². The molecule has 2 rings (SSSR count). The van der Waals surface area contributed by atoms with E-state index >= 15 is 0 Å². The van der Waals surface area contributed by atoms with Gasteiger partial charge in [-0.15, -0.1) is 24.0 Å². The summed E-state index contributed by atoms with van der Waals surface area (Å²) in [5.74, 6) is 1.56. The molecule has 1 N–H and O–H groups in total. The molecule has 1 aromatic rings. The van der Waals surface area contributed by atoms with Gasteiger partial charge in [0.25, 0.3) is 0 Å². The summed E-state index contributed by atoms with van der Waals surface area (Å²) in [6.45, 7) is 6.34. The third-order valence-corrected chi connectivity index (χ3v) is 3.57. The highest BCUT2D eigenvalue weighted by Gasteiger charge is 2.19. The minimum Gasteiger partial charge on any atom is -0.381 e. The molecule has 0 amide bonds. The summed E-state index contributed by atoms with van der Waals surface area (Å²) >= 11 is 0. The summed E-state index contributed by atoms with van der Waals surface area (Å²) in [5, 5.41) is 7.51. The second-order valence-electron chi connectivity index (χ2n) is 5.23. The van der Waals surface area contributed by atoms with Crippen LogP contribution in [0.4, 0.5) is 0 Å². The average Bonchev–Trinajstić information content (AvgIpc) is 3.06. The van der Waals surface area contributed by atoms with Crippen LogP contribution in [-0.2, 0) is 18.3 Å². The van der Waals surface area contributed by atoms with Crippen LogP contribution < -0.4 is 5.32 Å². The molecule has 2 heterocycles. The summed E-state index contributed by atoms with van der Waals surface area (Å²) in [7, 11) is 4.03. The zero-order chi connectivity index (χ0) is 14.4. The molecular formula is C14H26IN5O. The average molecular weight is 407 g/mol. The summed E-state index contributed by atoms with van der Waals surface area (Å²) in [6.07, 6.45) is 2.95. The predicted molar refractivity (Wildman–Crippen MR) is 95.0 cm³/mol. The number of guanidine groups is 1. The number of aromatic nitrogens is 2. The van der Waals surface area contributed by atoms with Crippen molar-refractivity contribution in [3.05, 3.63) is 18.0 Å². The zero-order valence-electron chi connectivity index (χ0n) is 13.1. The third kappa shape index (κ3) is 5.46. The van der Waals surface area contributed by atoms with E-state index in [1.165, 1.54) is 0 Å². The molecule has 120 valence electrons. The Morgan fingerprint density at radius 1 is 1.62 bits per heavy atom. The highest BCUT2D eigenvalue weighted by Crippen LogP contribution is 2.13. The molecule has 1 aliphatic rings. The highest BCUT2D eigenvalue weighted by molar-refractivity contribution is 14.0. The summed E-state index contributed by atoms with van der Waals surface area (Å²) in [6, 6.07) is 2.00. The van der Waals surface area contributed by atoms with Crippen LogP contribution in [0.5, 0.6) is 0 Å². The van der Waals surface area contributed by atoms with Crippen LogP contribution in [0.3, 0.4) is 0 Å². The van der Waals surface area contributed by atoms with Crippen LogP contribution >= 0.6 is 24.0 Å². The second kappa shape index (κ2) is 9.24. The number of nitrogens with one attached hydrogen (secondary N) is 1. The lowest BCUT2D eigenvalue weighted by atomic mass is 10.1. The summed E-state index contributed by atoms with van der Waals surface area (Å²) < 4.78 is 7.29. The predicted octanol–water partition coefficient (Wildman–Crippen LogP) is 1.47.